The first kappa shape index (κ1) is 30.3. The van der Waals surface area contributed by atoms with Crippen molar-refractivity contribution in [2.24, 2.45) is 11.8 Å². The van der Waals surface area contributed by atoms with E-state index in [2.05, 4.69) is 40.1 Å². The van der Waals surface area contributed by atoms with Crippen molar-refractivity contribution in [2.75, 3.05) is 6.61 Å². The lowest BCUT2D eigenvalue weighted by Gasteiger charge is -2.42. The topological polar surface area (TPSA) is 108 Å². The van der Waals surface area contributed by atoms with E-state index in [1.165, 1.54) is 0 Å². The number of pyridine rings is 1. The van der Waals surface area contributed by atoms with Crippen molar-refractivity contribution >= 4 is 42.4 Å². The fraction of sp³-hybridized carbons (Fsp3) is 0.562. The third-order valence-electron chi connectivity index (χ3n) is 9.68. The molecule has 3 aliphatic carbocycles. The Morgan fingerprint density at radius 3 is 2.50 bits per heavy atom. The Hall–Kier alpha value is -2.34. The highest BCUT2D eigenvalue weighted by molar-refractivity contribution is 6.76. The van der Waals surface area contributed by atoms with Crippen LogP contribution in [0.2, 0.25) is 35.7 Å². The van der Waals surface area contributed by atoms with Gasteiger partial charge in [0.15, 0.2) is 0 Å². The van der Waals surface area contributed by atoms with Gasteiger partial charge in [0.2, 0.25) is 5.65 Å². The molecule has 3 saturated carbocycles. The van der Waals surface area contributed by atoms with Crippen LogP contribution in [0.5, 0.6) is 0 Å². The van der Waals surface area contributed by atoms with Crippen LogP contribution in [0, 0.1) is 11.8 Å². The van der Waals surface area contributed by atoms with E-state index in [4.69, 9.17) is 37.2 Å². The SMILES string of the molecule is C[Si](C)(C)CCOCn1nnc2ncc(C3(O)[C@@H]4CC[C@H]3CC(OCc3c(-c5c(Cl)cccc5Cl)noc3C3CC3)C4)cc21. The van der Waals surface area contributed by atoms with E-state index in [0.717, 1.165) is 67.0 Å². The van der Waals surface area contributed by atoms with Gasteiger partial charge in [0.25, 0.3) is 0 Å². The van der Waals surface area contributed by atoms with Gasteiger partial charge in [-0.3, -0.25) is 0 Å². The summed E-state index contributed by atoms with van der Waals surface area (Å²) in [6.07, 6.45) is 7.34. The van der Waals surface area contributed by atoms with Crippen LogP contribution >= 0.6 is 23.2 Å². The first-order chi connectivity index (χ1) is 21.1. The van der Waals surface area contributed by atoms with Crippen LogP contribution in [0.25, 0.3) is 22.4 Å². The molecule has 0 aliphatic heterocycles. The highest BCUT2D eigenvalue weighted by Gasteiger charge is 2.55. The van der Waals surface area contributed by atoms with Crippen molar-refractivity contribution in [1.82, 2.24) is 25.1 Å². The standard InChI is InChI=1S/C32H39Cl2N5O4Si/c1-44(2,3)12-11-41-18-39-27-15-22(16-35-31(27)36-38-39)32(40)20-9-10-21(32)14-23(13-20)42-17-24-29(37-43-30(24)19-7-8-19)28-25(33)5-4-6-26(28)34/h4-6,15-16,19-21,23,40H,7-14,17-18H2,1-3H3/t20-,21+,23?,32?. The average molecular weight is 657 g/mol. The normalized spacial score (nSPS) is 25.3. The Bertz CT molecular complexity index is 1630. The second-order valence-electron chi connectivity index (χ2n) is 13.9. The molecule has 7 rings (SSSR count). The molecule has 12 heteroatoms. The lowest BCUT2D eigenvalue weighted by Crippen LogP contribution is -2.44. The molecule has 9 nitrogen and oxygen atoms in total. The number of nitrogens with zero attached hydrogens (tertiary/aromatic N) is 5. The largest absolute Gasteiger partial charge is 0.385 e. The molecule has 0 amide bonds. The van der Waals surface area contributed by atoms with Crippen LogP contribution in [0.4, 0.5) is 0 Å². The van der Waals surface area contributed by atoms with Crippen LogP contribution in [0.15, 0.2) is 35.0 Å². The van der Waals surface area contributed by atoms with Crippen molar-refractivity contribution in [3.05, 3.63) is 57.4 Å². The molecule has 0 radical (unpaired) electrons. The number of fused-ring (bicyclic) bond motifs is 3. The molecule has 1 aromatic carbocycles. The minimum Gasteiger partial charge on any atom is -0.385 e. The maximum atomic E-state index is 12.3. The maximum Gasteiger partial charge on any atom is 0.201 e. The van der Waals surface area contributed by atoms with Crippen LogP contribution in [-0.2, 0) is 28.4 Å². The number of aliphatic hydroxyl groups is 1. The second kappa shape index (κ2) is 11.8. The number of rotatable bonds is 11. The minimum atomic E-state index is -1.18. The van der Waals surface area contributed by atoms with Gasteiger partial charge in [-0.15, -0.1) is 5.10 Å². The molecule has 0 spiro atoms. The predicted octanol–water partition coefficient (Wildman–Crippen LogP) is 7.57. The molecule has 2 bridgehead atoms. The Labute approximate surface area is 268 Å². The molecule has 0 saturated heterocycles. The Balaban J connectivity index is 1.07. The van der Waals surface area contributed by atoms with Gasteiger partial charge in [-0.1, -0.05) is 59.3 Å². The molecule has 4 aromatic rings. The monoisotopic (exact) mass is 655 g/mol. The quantitative estimate of drug-likeness (QED) is 0.130. The summed E-state index contributed by atoms with van der Waals surface area (Å²) in [6.45, 7) is 8.38. The van der Waals surface area contributed by atoms with Gasteiger partial charge >= 0.3 is 0 Å². The summed E-state index contributed by atoms with van der Waals surface area (Å²) >= 11 is 13.1. The lowest BCUT2D eigenvalue weighted by atomic mass is 9.70. The van der Waals surface area contributed by atoms with Crippen LogP contribution in [-0.4, -0.2) is 51.0 Å². The van der Waals surface area contributed by atoms with E-state index in [1.54, 1.807) is 10.9 Å². The second-order valence-corrected chi connectivity index (χ2v) is 20.4. The summed E-state index contributed by atoms with van der Waals surface area (Å²) in [5.74, 6) is 1.36. The highest BCUT2D eigenvalue weighted by Crippen LogP contribution is 2.56. The molecular formula is C32H39Cl2N5O4Si. The highest BCUT2D eigenvalue weighted by atomic mass is 35.5. The summed E-state index contributed by atoms with van der Waals surface area (Å²) in [6, 6.07) is 8.55. The van der Waals surface area contributed by atoms with E-state index in [1.807, 2.05) is 24.3 Å². The fourth-order valence-corrected chi connectivity index (χ4v) is 8.39. The Morgan fingerprint density at radius 1 is 1.09 bits per heavy atom. The molecule has 3 aliphatic rings. The first-order valence-corrected chi connectivity index (χ1v) is 20.1. The van der Waals surface area contributed by atoms with Crippen molar-refractivity contribution in [3.63, 3.8) is 0 Å². The molecule has 1 N–H and O–H groups in total. The van der Waals surface area contributed by atoms with E-state index in [0.29, 0.717) is 52.8 Å². The maximum absolute atomic E-state index is 12.3. The van der Waals surface area contributed by atoms with E-state index >= 15 is 0 Å². The van der Waals surface area contributed by atoms with Crippen molar-refractivity contribution in [1.29, 1.82) is 0 Å². The number of hydrogen-bond donors (Lipinski definition) is 1. The summed E-state index contributed by atoms with van der Waals surface area (Å²) in [5.41, 5.74) is 3.47. The van der Waals surface area contributed by atoms with Gasteiger partial charge in [-0.05, 0) is 74.6 Å². The minimum absolute atomic E-state index is 0.00736. The Kier molecular flexibility index (Phi) is 8.12. The summed E-state index contributed by atoms with van der Waals surface area (Å²) in [4.78, 5) is 4.59. The Morgan fingerprint density at radius 2 is 1.82 bits per heavy atom. The zero-order chi connectivity index (χ0) is 30.6. The molecule has 3 aromatic heterocycles. The average Bonchev–Trinajstić information content (AvgIpc) is 3.59. The zero-order valence-corrected chi connectivity index (χ0v) is 27.9. The van der Waals surface area contributed by atoms with Crippen LogP contribution < -0.4 is 0 Å². The van der Waals surface area contributed by atoms with Gasteiger partial charge in [0.1, 0.15) is 23.7 Å². The van der Waals surface area contributed by atoms with Gasteiger partial charge in [0.05, 0.1) is 28.4 Å². The van der Waals surface area contributed by atoms with Gasteiger partial charge < -0.3 is 19.1 Å². The van der Waals surface area contributed by atoms with Crippen LogP contribution in [0.3, 0.4) is 0 Å². The molecule has 44 heavy (non-hydrogen) atoms. The zero-order valence-electron chi connectivity index (χ0n) is 25.4. The van der Waals surface area contributed by atoms with Crippen molar-refractivity contribution in [2.45, 2.75) is 95.2 Å². The first-order valence-electron chi connectivity index (χ1n) is 15.7. The van der Waals surface area contributed by atoms with Gasteiger partial charge in [0, 0.05) is 43.5 Å². The van der Waals surface area contributed by atoms with E-state index in [9.17, 15) is 5.11 Å². The number of benzene rings is 1. The third kappa shape index (κ3) is 5.73. The predicted molar refractivity (Wildman–Crippen MR) is 171 cm³/mol. The third-order valence-corrected chi connectivity index (χ3v) is 12.0. The smallest absolute Gasteiger partial charge is 0.201 e. The number of halogens is 2. The number of hydrogen-bond acceptors (Lipinski definition) is 8. The van der Waals surface area contributed by atoms with Gasteiger partial charge in [-0.2, -0.15) is 0 Å². The van der Waals surface area contributed by atoms with Crippen molar-refractivity contribution in [3.8, 4) is 11.3 Å². The van der Waals surface area contributed by atoms with Crippen LogP contribution in [0.1, 0.15) is 61.3 Å². The molecule has 3 fully saturated rings. The molecule has 4 atom stereocenters. The number of aromatic nitrogens is 5. The molecule has 234 valence electrons. The number of ether oxygens (including phenoxy) is 2. The lowest BCUT2D eigenvalue weighted by molar-refractivity contribution is -0.116. The summed E-state index contributed by atoms with van der Waals surface area (Å²) in [7, 11) is -1.18. The molecule has 3 heterocycles. The van der Waals surface area contributed by atoms with Gasteiger partial charge in [-0.25, -0.2) is 9.67 Å². The molecular weight excluding hydrogens is 617 g/mol. The summed E-state index contributed by atoms with van der Waals surface area (Å²) < 4.78 is 20.1. The summed E-state index contributed by atoms with van der Waals surface area (Å²) in [5, 5.41) is 26.2. The van der Waals surface area contributed by atoms with E-state index < -0.39 is 13.7 Å². The van der Waals surface area contributed by atoms with E-state index in [-0.39, 0.29) is 17.9 Å². The fourth-order valence-electron chi connectivity index (χ4n) is 7.06. The van der Waals surface area contributed by atoms with Crippen molar-refractivity contribution < 1.29 is 19.1 Å². The molecule has 2 unspecified atom stereocenters.